The van der Waals surface area contributed by atoms with Crippen molar-refractivity contribution in [1.29, 1.82) is 0 Å². The third-order valence-corrected chi connectivity index (χ3v) is 12.3. The summed E-state index contributed by atoms with van der Waals surface area (Å²) in [5, 5.41) is 13.1. The highest BCUT2D eigenvalue weighted by molar-refractivity contribution is 6.00. The molecule has 3 aromatic rings. The maximum Gasteiger partial charge on any atom is 0.434 e. The van der Waals surface area contributed by atoms with E-state index in [1.54, 1.807) is 22.8 Å². The number of carbonyl (C=O) groups excluding carboxylic acids is 1. The average molecular weight is 786 g/mol. The van der Waals surface area contributed by atoms with E-state index < -0.39 is 83.9 Å². The van der Waals surface area contributed by atoms with Gasteiger partial charge in [0.1, 0.15) is 23.4 Å². The number of carboxylic acid groups (broad SMARTS) is 1. The number of fused-ring (bicyclic) bond motifs is 3. The minimum absolute atomic E-state index is 0.0181. The van der Waals surface area contributed by atoms with Crippen LogP contribution in [0.2, 0.25) is 0 Å². The Morgan fingerprint density at radius 1 is 1.02 bits per heavy atom. The molecule has 1 amide bonds. The van der Waals surface area contributed by atoms with Crippen molar-refractivity contribution in [2.24, 2.45) is 17.8 Å². The van der Waals surface area contributed by atoms with Gasteiger partial charge in [-0.05, 0) is 88.2 Å². The van der Waals surface area contributed by atoms with Crippen molar-refractivity contribution in [1.82, 2.24) is 24.8 Å². The number of likely N-dealkylation sites (tertiary alicyclic amines) is 1. The van der Waals surface area contributed by atoms with Gasteiger partial charge in [-0.15, -0.1) is 0 Å². The lowest BCUT2D eigenvalue weighted by Gasteiger charge is -2.36. The van der Waals surface area contributed by atoms with Crippen molar-refractivity contribution >= 4 is 22.8 Å². The Balaban J connectivity index is 1.21. The standard InChI is InChI=1S/C38H43F8N5O4/c1-20-13-22-15-23(14-20)36(17-22,34(53)54)49-33(52)28-18-47-32(48-31(28)38(44,45)46)29-19-51(24-5-9-35(39,40)10-6-24)30-16-26(3-4-27(29)30)55-25-7-11-50(12-8-25)21(2)37(41,42)43/h3-4,16,18-25H,5-15,17H2,1-2H3,(H,49,52)(H,53,54). The number of aromatic nitrogens is 3. The molecule has 2 aromatic heterocycles. The number of ether oxygens (including phenoxy) is 1. The first-order valence-electron chi connectivity index (χ1n) is 18.7. The number of benzene rings is 1. The number of hydrogen-bond donors (Lipinski definition) is 2. The van der Waals surface area contributed by atoms with E-state index in [9.17, 15) is 49.8 Å². The topological polar surface area (TPSA) is 110 Å². The van der Waals surface area contributed by atoms with Crippen LogP contribution in [-0.4, -0.2) is 79.3 Å². The molecule has 5 unspecified atom stereocenters. The number of nitrogens with one attached hydrogen (secondary N) is 1. The molecule has 2 N–H and O–H groups in total. The Morgan fingerprint density at radius 3 is 2.35 bits per heavy atom. The van der Waals surface area contributed by atoms with E-state index in [2.05, 4.69) is 15.3 Å². The monoisotopic (exact) mass is 785 g/mol. The first-order valence-corrected chi connectivity index (χ1v) is 18.7. The lowest BCUT2D eigenvalue weighted by atomic mass is 9.78. The Labute approximate surface area is 311 Å². The van der Waals surface area contributed by atoms with E-state index in [0.717, 1.165) is 19.5 Å². The number of amides is 1. The summed E-state index contributed by atoms with van der Waals surface area (Å²) in [6.45, 7) is 3.42. The number of halogens is 8. The summed E-state index contributed by atoms with van der Waals surface area (Å²) in [5.74, 6) is -5.65. The summed E-state index contributed by atoms with van der Waals surface area (Å²) < 4.78 is 120. The second kappa shape index (κ2) is 14.2. The molecule has 300 valence electrons. The molecule has 4 aliphatic rings. The van der Waals surface area contributed by atoms with Gasteiger partial charge < -0.3 is 19.7 Å². The van der Waals surface area contributed by atoms with Gasteiger partial charge in [-0.3, -0.25) is 9.69 Å². The summed E-state index contributed by atoms with van der Waals surface area (Å²) in [5.41, 5.74) is -3.59. The third-order valence-electron chi connectivity index (χ3n) is 12.3. The number of nitrogens with zero attached hydrogens (tertiary/aromatic N) is 4. The maximum atomic E-state index is 14.7. The van der Waals surface area contributed by atoms with Crippen molar-refractivity contribution in [3.8, 4) is 17.1 Å². The Bertz CT molecular complexity index is 1930. The highest BCUT2D eigenvalue weighted by Crippen LogP contribution is 2.51. The van der Waals surface area contributed by atoms with Gasteiger partial charge in [0.15, 0.2) is 11.5 Å². The third kappa shape index (κ3) is 7.73. The van der Waals surface area contributed by atoms with E-state index in [1.807, 2.05) is 6.92 Å². The zero-order valence-corrected chi connectivity index (χ0v) is 30.3. The molecule has 0 radical (unpaired) electrons. The molecule has 2 bridgehead atoms. The van der Waals surface area contributed by atoms with Crippen molar-refractivity contribution < 1.29 is 54.6 Å². The van der Waals surface area contributed by atoms with Crippen molar-refractivity contribution in [3.63, 3.8) is 0 Å². The van der Waals surface area contributed by atoms with E-state index >= 15 is 0 Å². The average Bonchev–Trinajstić information content (AvgIpc) is 3.61. The number of alkyl halides is 8. The highest BCUT2D eigenvalue weighted by Gasteiger charge is 2.56. The van der Waals surface area contributed by atoms with Gasteiger partial charge in [-0.1, -0.05) is 6.92 Å². The second-order valence-corrected chi connectivity index (χ2v) is 16.1. The molecule has 3 saturated carbocycles. The highest BCUT2D eigenvalue weighted by atomic mass is 19.4. The Morgan fingerprint density at radius 2 is 1.71 bits per heavy atom. The smallest absolute Gasteiger partial charge is 0.434 e. The number of aliphatic carboxylic acids is 1. The first kappa shape index (κ1) is 39.2. The van der Waals surface area contributed by atoms with Gasteiger partial charge >= 0.3 is 18.3 Å². The molecule has 1 saturated heterocycles. The van der Waals surface area contributed by atoms with E-state index in [4.69, 9.17) is 4.74 Å². The molecular formula is C38H43F8N5O4. The predicted octanol–water partition coefficient (Wildman–Crippen LogP) is 8.67. The summed E-state index contributed by atoms with van der Waals surface area (Å²) in [6.07, 6.45) is -5.70. The van der Waals surface area contributed by atoms with Crippen LogP contribution in [0.5, 0.6) is 5.75 Å². The zero-order valence-electron chi connectivity index (χ0n) is 30.3. The van der Waals surface area contributed by atoms with Crippen molar-refractivity contribution in [2.75, 3.05) is 13.1 Å². The van der Waals surface area contributed by atoms with Crippen LogP contribution in [-0.2, 0) is 11.0 Å². The van der Waals surface area contributed by atoms with Crippen molar-refractivity contribution in [2.45, 2.75) is 120 Å². The van der Waals surface area contributed by atoms with Crippen molar-refractivity contribution in [3.05, 3.63) is 41.9 Å². The fraction of sp³-hybridized carbons (Fsp3) is 0.632. The van der Waals surface area contributed by atoms with Crippen LogP contribution in [0.4, 0.5) is 35.1 Å². The molecule has 7 rings (SSSR count). The quantitative estimate of drug-likeness (QED) is 0.220. The number of piperidine rings is 1. The molecule has 1 aliphatic heterocycles. The Kier molecular flexibility index (Phi) is 10.1. The molecule has 1 aromatic carbocycles. The molecule has 9 nitrogen and oxygen atoms in total. The molecule has 17 heteroatoms. The molecule has 55 heavy (non-hydrogen) atoms. The van der Waals surface area contributed by atoms with Gasteiger partial charge in [-0.2, -0.15) is 26.3 Å². The van der Waals surface area contributed by atoms with Gasteiger partial charge in [0.05, 0.1) is 11.1 Å². The number of carboxylic acids is 1. The number of rotatable bonds is 8. The van der Waals surface area contributed by atoms with Crippen LogP contribution >= 0.6 is 0 Å². The molecular weight excluding hydrogens is 742 g/mol. The normalized spacial score (nSPS) is 27.3. The predicted molar refractivity (Wildman–Crippen MR) is 184 cm³/mol. The largest absolute Gasteiger partial charge is 0.490 e. The van der Waals surface area contributed by atoms with Gasteiger partial charge in [0.25, 0.3) is 5.91 Å². The van der Waals surface area contributed by atoms with Gasteiger partial charge in [0.2, 0.25) is 5.92 Å². The second-order valence-electron chi connectivity index (χ2n) is 16.1. The Hall–Kier alpha value is -4.02. The van der Waals surface area contributed by atoms with Crippen LogP contribution in [0.15, 0.2) is 30.6 Å². The molecule has 0 spiro atoms. The lowest BCUT2D eigenvalue weighted by Crippen LogP contribution is -2.57. The minimum atomic E-state index is -5.14. The van der Waals surface area contributed by atoms with E-state index in [-0.39, 0.29) is 55.6 Å². The van der Waals surface area contributed by atoms with Crippen LogP contribution in [0.1, 0.15) is 100 Å². The van der Waals surface area contributed by atoms with Crippen LogP contribution in [0, 0.1) is 17.8 Å². The first-order chi connectivity index (χ1) is 25.7. The zero-order chi connectivity index (χ0) is 39.7. The van der Waals surface area contributed by atoms with Gasteiger partial charge in [-0.25, -0.2) is 23.5 Å². The fourth-order valence-corrected chi connectivity index (χ4v) is 9.44. The lowest BCUT2D eigenvalue weighted by molar-refractivity contribution is -0.182. The fourth-order valence-electron chi connectivity index (χ4n) is 9.44. The summed E-state index contributed by atoms with van der Waals surface area (Å²) in [4.78, 5) is 35.6. The number of hydrogen-bond acceptors (Lipinski definition) is 6. The molecule has 3 heterocycles. The molecule has 5 atom stereocenters. The summed E-state index contributed by atoms with van der Waals surface area (Å²) in [7, 11) is 0. The maximum absolute atomic E-state index is 14.7. The minimum Gasteiger partial charge on any atom is -0.490 e. The summed E-state index contributed by atoms with van der Waals surface area (Å²) >= 11 is 0. The molecule has 3 aliphatic carbocycles. The molecule has 4 fully saturated rings. The van der Waals surface area contributed by atoms with Crippen LogP contribution in [0.25, 0.3) is 22.3 Å². The van der Waals surface area contributed by atoms with Gasteiger partial charge in [0, 0.05) is 61.4 Å². The number of carbonyl (C=O) groups is 2. The SMILES string of the molecule is CC1CC2CC(C1)C(NC(=O)c1cnc(-c3cn(C4CCC(F)(F)CC4)c4cc(OC5CCN(C(C)C(F)(F)F)CC5)ccc34)nc1C(F)(F)F)(C(=O)O)C2. The van der Waals surface area contributed by atoms with Crippen LogP contribution in [0.3, 0.4) is 0 Å². The van der Waals surface area contributed by atoms with Crippen LogP contribution < -0.4 is 10.1 Å². The summed E-state index contributed by atoms with van der Waals surface area (Å²) in [6, 6.07) is 2.74. The van der Waals surface area contributed by atoms with E-state index in [1.165, 1.54) is 11.1 Å². The van der Waals surface area contributed by atoms with E-state index in [0.29, 0.717) is 42.3 Å².